The molecule has 0 saturated carbocycles. The van der Waals surface area contributed by atoms with E-state index in [0.717, 1.165) is 15.8 Å². The van der Waals surface area contributed by atoms with Gasteiger partial charge in [-0.25, -0.2) is 9.36 Å². The maximum atomic E-state index is 13.3. The van der Waals surface area contributed by atoms with Crippen molar-refractivity contribution in [3.63, 3.8) is 0 Å². The van der Waals surface area contributed by atoms with Gasteiger partial charge in [-0.05, 0) is 37.5 Å². The van der Waals surface area contributed by atoms with E-state index >= 15 is 0 Å². The van der Waals surface area contributed by atoms with Crippen LogP contribution in [0.15, 0.2) is 27.8 Å². The average molecular weight is 446 g/mol. The molecule has 1 aliphatic rings. The topological polar surface area (TPSA) is 91.4 Å². The summed E-state index contributed by atoms with van der Waals surface area (Å²) in [4.78, 5) is 44.8. The number of carbonyl (C=O) groups excluding carboxylic acids is 1. The molecule has 2 aromatic heterocycles. The number of anilines is 2. The molecular formula is C21H24ClN5O4. The quantitative estimate of drug-likeness (QED) is 0.572. The Morgan fingerprint density at radius 1 is 1.29 bits per heavy atom. The highest BCUT2D eigenvalue weighted by Gasteiger charge is 2.31. The van der Waals surface area contributed by atoms with Gasteiger partial charge in [0.25, 0.3) is 5.56 Å². The molecule has 0 fully saturated rings. The lowest BCUT2D eigenvalue weighted by molar-refractivity contribution is -0.143. The number of halogens is 1. The summed E-state index contributed by atoms with van der Waals surface area (Å²) in [6, 6.07) is 5.66. The summed E-state index contributed by atoms with van der Waals surface area (Å²) >= 11 is 6.34. The number of imidazole rings is 1. The second-order valence-corrected chi connectivity index (χ2v) is 8.24. The summed E-state index contributed by atoms with van der Waals surface area (Å²) in [7, 11) is 1.54. The zero-order valence-corrected chi connectivity index (χ0v) is 18.6. The molecule has 1 aromatic carbocycles. The number of nitrogens with zero attached hydrogens (tertiary/aromatic N) is 5. The lowest BCUT2D eigenvalue weighted by atomic mass is 10.1. The second kappa shape index (κ2) is 7.88. The number of rotatable bonds is 4. The number of esters is 1. The summed E-state index contributed by atoms with van der Waals surface area (Å²) < 4.78 is 8.96. The number of ether oxygens (including phenoxy) is 1. The molecule has 4 rings (SSSR count). The van der Waals surface area contributed by atoms with Crippen molar-refractivity contribution in [2.45, 2.75) is 33.9 Å². The Bertz CT molecular complexity index is 1310. The predicted octanol–water partition coefficient (Wildman–Crippen LogP) is 2.21. The van der Waals surface area contributed by atoms with Crippen molar-refractivity contribution in [3.05, 3.63) is 49.6 Å². The van der Waals surface area contributed by atoms with Crippen molar-refractivity contribution in [2.24, 2.45) is 13.0 Å². The molecular weight excluding hydrogens is 422 g/mol. The van der Waals surface area contributed by atoms with Gasteiger partial charge in [-0.1, -0.05) is 24.6 Å². The highest BCUT2D eigenvalue weighted by atomic mass is 35.5. The first kappa shape index (κ1) is 21.2. The number of aryl methyl sites for hydroxylation is 1. The van der Waals surface area contributed by atoms with Crippen molar-refractivity contribution in [1.29, 1.82) is 0 Å². The van der Waals surface area contributed by atoms with Crippen molar-refractivity contribution < 1.29 is 9.53 Å². The van der Waals surface area contributed by atoms with Gasteiger partial charge >= 0.3 is 11.7 Å². The van der Waals surface area contributed by atoms with E-state index in [0.29, 0.717) is 24.1 Å². The molecule has 0 amide bonds. The standard InChI is InChI=1S/C21H24ClN5O4/c1-5-31-16(28)11-27-19(29)17-18(24(4)21(27)30)23-20-25(9-12(2)10-26(17)20)15-8-6-7-14(22)13(15)3/h6-8,12H,5,9-11H2,1-4H3. The number of hydrogen-bond acceptors (Lipinski definition) is 6. The van der Waals surface area contributed by atoms with E-state index in [-0.39, 0.29) is 23.7 Å². The van der Waals surface area contributed by atoms with Crippen LogP contribution in [0.5, 0.6) is 0 Å². The Labute approximate surface area is 183 Å². The molecule has 10 heteroatoms. The Balaban J connectivity index is 1.96. The highest BCUT2D eigenvalue weighted by molar-refractivity contribution is 6.31. The van der Waals surface area contributed by atoms with Crippen LogP contribution in [0.3, 0.4) is 0 Å². The van der Waals surface area contributed by atoms with Crippen LogP contribution in [0.4, 0.5) is 11.6 Å². The Kier molecular flexibility index (Phi) is 5.38. The SMILES string of the molecule is CCOC(=O)Cn1c(=O)c2c(nc3n2CC(C)CN3c2cccc(Cl)c2C)n(C)c1=O. The molecule has 164 valence electrons. The molecule has 0 N–H and O–H groups in total. The van der Waals surface area contributed by atoms with E-state index in [4.69, 9.17) is 16.3 Å². The molecule has 0 saturated heterocycles. The fourth-order valence-electron chi connectivity index (χ4n) is 4.07. The Morgan fingerprint density at radius 2 is 2.03 bits per heavy atom. The third-order valence-corrected chi connectivity index (χ3v) is 5.97. The van der Waals surface area contributed by atoms with E-state index in [2.05, 4.69) is 11.9 Å². The second-order valence-electron chi connectivity index (χ2n) is 7.83. The first-order valence-electron chi connectivity index (χ1n) is 10.1. The van der Waals surface area contributed by atoms with Crippen molar-refractivity contribution in [1.82, 2.24) is 18.7 Å². The van der Waals surface area contributed by atoms with Gasteiger partial charge in [-0.2, -0.15) is 4.98 Å². The Hall–Kier alpha value is -3.07. The fourth-order valence-corrected chi connectivity index (χ4v) is 4.24. The Morgan fingerprint density at radius 3 is 2.74 bits per heavy atom. The van der Waals surface area contributed by atoms with E-state index < -0.39 is 23.8 Å². The van der Waals surface area contributed by atoms with Gasteiger partial charge in [0.1, 0.15) is 6.54 Å². The largest absolute Gasteiger partial charge is 0.465 e. The molecule has 1 aliphatic heterocycles. The van der Waals surface area contributed by atoms with Crippen LogP contribution in [-0.4, -0.2) is 37.8 Å². The van der Waals surface area contributed by atoms with Gasteiger partial charge in [-0.3, -0.25) is 14.2 Å². The molecule has 9 nitrogen and oxygen atoms in total. The summed E-state index contributed by atoms with van der Waals surface area (Å²) in [5, 5.41) is 0.641. The van der Waals surface area contributed by atoms with Gasteiger partial charge in [0.05, 0.1) is 6.61 Å². The molecule has 1 atom stereocenters. The van der Waals surface area contributed by atoms with Gasteiger partial charge in [0, 0.05) is 30.8 Å². The third kappa shape index (κ3) is 3.42. The van der Waals surface area contributed by atoms with Crippen molar-refractivity contribution >= 4 is 40.4 Å². The van der Waals surface area contributed by atoms with E-state index in [1.807, 2.05) is 34.6 Å². The summed E-state index contributed by atoms with van der Waals surface area (Å²) in [6.07, 6.45) is 0. The van der Waals surface area contributed by atoms with Gasteiger partial charge in [-0.15, -0.1) is 0 Å². The number of benzene rings is 1. The molecule has 0 spiro atoms. The van der Waals surface area contributed by atoms with E-state index in [1.165, 1.54) is 4.57 Å². The molecule has 0 aliphatic carbocycles. The maximum absolute atomic E-state index is 13.3. The highest BCUT2D eigenvalue weighted by Crippen LogP contribution is 2.36. The first-order valence-corrected chi connectivity index (χ1v) is 10.5. The van der Waals surface area contributed by atoms with Crippen LogP contribution >= 0.6 is 11.6 Å². The summed E-state index contributed by atoms with van der Waals surface area (Å²) in [6.45, 7) is 6.67. The van der Waals surface area contributed by atoms with Crippen LogP contribution < -0.4 is 16.1 Å². The zero-order valence-electron chi connectivity index (χ0n) is 17.9. The van der Waals surface area contributed by atoms with Crippen LogP contribution in [0, 0.1) is 12.8 Å². The molecule has 31 heavy (non-hydrogen) atoms. The smallest absolute Gasteiger partial charge is 0.333 e. The minimum absolute atomic E-state index is 0.170. The molecule has 0 radical (unpaired) electrons. The van der Waals surface area contributed by atoms with Crippen LogP contribution in [-0.2, 0) is 29.7 Å². The number of fused-ring (bicyclic) bond motifs is 3. The van der Waals surface area contributed by atoms with Crippen molar-refractivity contribution in [2.75, 3.05) is 18.1 Å². The number of carbonyl (C=O) groups is 1. The summed E-state index contributed by atoms with van der Waals surface area (Å²) in [5.41, 5.74) is 1.21. The van der Waals surface area contributed by atoms with Gasteiger partial charge in [0.2, 0.25) is 5.95 Å². The predicted molar refractivity (Wildman–Crippen MR) is 118 cm³/mol. The first-order chi connectivity index (χ1) is 14.7. The van der Waals surface area contributed by atoms with Crippen LogP contribution in [0.25, 0.3) is 11.2 Å². The number of aromatic nitrogens is 4. The maximum Gasteiger partial charge on any atom is 0.333 e. The fraction of sp³-hybridized carbons (Fsp3) is 0.429. The van der Waals surface area contributed by atoms with Crippen LogP contribution in [0.2, 0.25) is 5.02 Å². The molecule has 0 bridgehead atoms. The van der Waals surface area contributed by atoms with Crippen LogP contribution in [0.1, 0.15) is 19.4 Å². The zero-order chi connectivity index (χ0) is 22.4. The normalized spacial score (nSPS) is 15.9. The monoisotopic (exact) mass is 445 g/mol. The van der Waals surface area contributed by atoms with E-state index in [1.54, 1.807) is 14.0 Å². The minimum Gasteiger partial charge on any atom is -0.465 e. The van der Waals surface area contributed by atoms with E-state index in [9.17, 15) is 14.4 Å². The molecule has 1 unspecified atom stereocenters. The minimum atomic E-state index is -0.635. The average Bonchev–Trinajstić information content (AvgIpc) is 3.11. The molecule has 3 heterocycles. The summed E-state index contributed by atoms with van der Waals surface area (Å²) in [5.74, 6) is 0.141. The third-order valence-electron chi connectivity index (χ3n) is 5.56. The van der Waals surface area contributed by atoms with Crippen molar-refractivity contribution in [3.8, 4) is 0 Å². The lowest BCUT2D eigenvalue weighted by Crippen LogP contribution is -2.42. The lowest BCUT2D eigenvalue weighted by Gasteiger charge is -2.34. The van der Waals surface area contributed by atoms with Gasteiger partial charge in [0.15, 0.2) is 11.2 Å². The number of hydrogen-bond donors (Lipinski definition) is 0. The molecule has 3 aromatic rings. The van der Waals surface area contributed by atoms with Gasteiger partial charge < -0.3 is 14.2 Å².